The predicted octanol–water partition coefficient (Wildman–Crippen LogP) is 2.99. The second-order valence-electron chi connectivity index (χ2n) is 5.64. The van der Waals surface area contributed by atoms with Gasteiger partial charge in [0, 0.05) is 0 Å². The van der Waals surface area contributed by atoms with Crippen molar-refractivity contribution in [2.24, 2.45) is 0 Å². The van der Waals surface area contributed by atoms with E-state index in [1.54, 1.807) is 0 Å². The van der Waals surface area contributed by atoms with Gasteiger partial charge in [0.05, 0.1) is 0 Å². The molecule has 0 N–H and O–H groups in total. The molecule has 16 heteroatoms. The largest absolute Gasteiger partial charge is 0.434 e. The van der Waals surface area contributed by atoms with Gasteiger partial charge in [-0.2, -0.15) is 39.5 Å². The SMILES string of the molecule is FC(F)(F)c1ccn([BH-](n2ccc(C(F)(F)F)n2)n2ccc(C(F)(F)F)n2)n1. The highest BCUT2D eigenvalue weighted by Crippen LogP contribution is 2.30. The number of nitrogens with zero attached hydrogens (tertiary/aromatic N) is 6. The van der Waals surface area contributed by atoms with E-state index in [1.165, 1.54) is 0 Å². The fourth-order valence-corrected chi connectivity index (χ4v) is 2.46. The lowest BCUT2D eigenvalue weighted by atomic mass is 9.96. The van der Waals surface area contributed by atoms with Crippen LogP contribution in [0.1, 0.15) is 17.1 Å². The van der Waals surface area contributed by atoms with Crippen molar-refractivity contribution in [2.45, 2.75) is 18.5 Å². The summed E-state index contributed by atoms with van der Waals surface area (Å²) >= 11 is 0. The average Bonchev–Trinajstić information content (AvgIpc) is 3.26. The van der Waals surface area contributed by atoms with Crippen molar-refractivity contribution in [3.63, 3.8) is 0 Å². The predicted molar refractivity (Wildman–Crippen MR) is 75.0 cm³/mol. The van der Waals surface area contributed by atoms with Gasteiger partial charge in [0.15, 0.2) is 17.1 Å². The van der Waals surface area contributed by atoms with Gasteiger partial charge in [-0.25, -0.2) is 15.3 Å². The number of halogens is 9. The van der Waals surface area contributed by atoms with Crippen LogP contribution < -0.4 is 0 Å². The molecule has 28 heavy (non-hydrogen) atoms. The molecule has 3 aromatic rings. The average molecular weight is 417 g/mol. The summed E-state index contributed by atoms with van der Waals surface area (Å²) in [5.74, 6) is 0. The molecule has 0 bridgehead atoms. The van der Waals surface area contributed by atoms with E-state index in [-0.39, 0.29) is 0 Å². The maximum Gasteiger partial charge on any atom is 0.434 e. The number of aromatic nitrogens is 6. The summed E-state index contributed by atoms with van der Waals surface area (Å²) in [6.07, 6.45) is -12.3. The van der Waals surface area contributed by atoms with Crippen LogP contribution >= 0.6 is 0 Å². The summed E-state index contributed by atoms with van der Waals surface area (Å²) < 4.78 is 117. The summed E-state index contributed by atoms with van der Waals surface area (Å²) in [7, 11) is -2.84. The van der Waals surface area contributed by atoms with Gasteiger partial charge in [0.2, 0.25) is 0 Å². The zero-order valence-corrected chi connectivity index (χ0v) is 13.3. The molecule has 0 aromatic carbocycles. The molecule has 0 spiro atoms. The van der Waals surface area contributed by atoms with Gasteiger partial charge in [-0.15, -0.1) is 0 Å². The van der Waals surface area contributed by atoms with Crippen LogP contribution in [0.5, 0.6) is 0 Å². The molecule has 0 aliphatic rings. The smallest absolute Gasteiger partial charge is 0.402 e. The lowest BCUT2D eigenvalue weighted by molar-refractivity contribution is -0.142. The first kappa shape index (κ1) is 19.8. The molecular formula is C12H7BF9N6-. The second-order valence-corrected chi connectivity index (χ2v) is 5.64. The third-order valence-electron chi connectivity index (χ3n) is 3.66. The molecule has 0 unspecified atom stereocenters. The molecule has 0 saturated carbocycles. The lowest BCUT2D eigenvalue weighted by Gasteiger charge is -2.26. The Kier molecular flexibility index (Phi) is 4.46. The Morgan fingerprint density at radius 1 is 0.536 bits per heavy atom. The fraction of sp³-hybridized carbons (Fsp3) is 0.250. The van der Waals surface area contributed by atoms with E-state index in [0.29, 0.717) is 32.0 Å². The molecule has 3 heterocycles. The number of rotatable bonds is 3. The van der Waals surface area contributed by atoms with Gasteiger partial charge in [-0.05, 0) is 36.8 Å². The van der Waals surface area contributed by atoms with Gasteiger partial charge < -0.3 is 13.8 Å². The second kappa shape index (κ2) is 6.30. The summed E-state index contributed by atoms with van der Waals surface area (Å²) in [6.45, 7) is 0. The highest BCUT2D eigenvalue weighted by atomic mass is 19.4. The number of alkyl halides is 9. The normalized spacial score (nSPS) is 13.5. The van der Waals surface area contributed by atoms with Crippen LogP contribution in [0, 0.1) is 0 Å². The van der Waals surface area contributed by atoms with Crippen molar-refractivity contribution >= 4 is 7.12 Å². The first-order valence-electron chi connectivity index (χ1n) is 7.31. The Morgan fingerprint density at radius 2 is 0.786 bits per heavy atom. The van der Waals surface area contributed by atoms with Gasteiger partial charge in [-0.1, -0.05) is 0 Å². The van der Waals surface area contributed by atoms with Crippen LogP contribution in [0.2, 0.25) is 0 Å². The minimum Gasteiger partial charge on any atom is -0.402 e. The molecule has 0 radical (unpaired) electrons. The van der Waals surface area contributed by atoms with Crippen LogP contribution in [0.3, 0.4) is 0 Å². The lowest BCUT2D eigenvalue weighted by Crippen LogP contribution is -2.43. The third kappa shape index (κ3) is 3.84. The molecule has 3 aromatic heterocycles. The summed E-state index contributed by atoms with van der Waals surface area (Å²) in [5.41, 5.74) is -4.13. The molecule has 0 atom stereocenters. The van der Waals surface area contributed by atoms with Crippen molar-refractivity contribution in [3.05, 3.63) is 53.9 Å². The molecule has 0 saturated heterocycles. The van der Waals surface area contributed by atoms with Crippen LogP contribution in [0.15, 0.2) is 36.8 Å². The van der Waals surface area contributed by atoms with Crippen molar-refractivity contribution in [3.8, 4) is 0 Å². The number of hydrogen-bond acceptors (Lipinski definition) is 3. The van der Waals surface area contributed by atoms with E-state index in [2.05, 4.69) is 15.3 Å². The molecule has 6 nitrogen and oxygen atoms in total. The molecular weight excluding hydrogens is 410 g/mol. The molecule has 152 valence electrons. The Hall–Kier alpha value is -2.94. The monoisotopic (exact) mass is 417 g/mol. The summed E-state index contributed by atoms with van der Waals surface area (Å²) in [4.78, 5) is 0. The first-order chi connectivity index (χ1) is 12.8. The standard InChI is InChI=1S/C12H7BF9N6/c14-10(15,16)7-1-4-26(23-7)13(27-5-2-8(24-27)11(17,18)19)28-6-3-9(25-28)12(20,21)22/h1-6,13H/q-1. The van der Waals surface area contributed by atoms with Crippen molar-refractivity contribution in [1.29, 1.82) is 0 Å². The number of hydrogen-bond donors (Lipinski definition) is 0. The molecule has 0 amide bonds. The highest BCUT2D eigenvalue weighted by Gasteiger charge is 2.36. The summed E-state index contributed by atoms with van der Waals surface area (Å²) in [6, 6.07) is 1.59. The van der Waals surface area contributed by atoms with Gasteiger partial charge in [0.25, 0.3) is 0 Å². The van der Waals surface area contributed by atoms with E-state index < -0.39 is 42.7 Å². The topological polar surface area (TPSA) is 53.5 Å². The van der Waals surface area contributed by atoms with Crippen molar-refractivity contribution in [1.82, 2.24) is 29.1 Å². The van der Waals surface area contributed by atoms with Gasteiger partial charge in [0.1, 0.15) is 0 Å². The minimum atomic E-state index is -4.86. The molecule has 0 fully saturated rings. The third-order valence-corrected chi connectivity index (χ3v) is 3.66. The van der Waals surface area contributed by atoms with E-state index in [1.807, 2.05) is 0 Å². The first-order valence-corrected chi connectivity index (χ1v) is 7.31. The Balaban J connectivity index is 2.10. The molecule has 0 aliphatic carbocycles. The van der Waals surface area contributed by atoms with Crippen LogP contribution in [0.4, 0.5) is 39.5 Å². The summed E-state index contributed by atoms with van der Waals surface area (Å²) in [5, 5.41) is 9.67. The van der Waals surface area contributed by atoms with E-state index in [0.717, 1.165) is 18.6 Å². The van der Waals surface area contributed by atoms with Crippen molar-refractivity contribution < 1.29 is 39.5 Å². The van der Waals surface area contributed by atoms with E-state index in [9.17, 15) is 39.5 Å². The Morgan fingerprint density at radius 3 is 0.964 bits per heavy atom. The zero-order chi connectivity index (χ0) is 20.9. The van der Waals surface area contributed by atoms with Crippen LogP contribution in [0.25, 0.3) is 0 Å². The Bertz CT molecular complexity index is 839. The highest BCUT2D eigenvalue weighted by molar-refractivity contribution is 6.52. The molecule has 3 rings (SSSR count). The van der Waals surface area contributed by atoms with Crippen molar-refractivity contribution in [2.75, 3.05) is 0 Å². The maximum atomic E-state index is 12.8. The fourth-order valence-electron chi connectivity index (χ4n) is 2.46. The van der Waals surface area contributed by atoms with Crippen LogP contribution in [-0.2, 0) is 18.5 Å². The van der Waals surface area contributed by atoms with Crippen LogP contribution in [-0.4, -0.2) is 36.2 Å². The minimum absolute atomic E-state index is 0.530. The zero-order valence-electron chi connectivity index (χ0n) is 13.3. The van der Waals surface area contributed by atoms with Gasteiger partial charge >= 0.3 is 25.6 Å². The maximum absolute atomic E-state index is 12.8. The van der Waals surface area contributed by atoms with E-state index >= 15 is 0 Å². The molecule has 0 aliphatic heterocycles. The van der Waals surface area contributed by atoms with Gasteiger partial charge in [-0.3, -0.25) is 0 Å². The quantitative estimate of drug-likeness (QED) is 0.487. The van der Waals surface area contributed by atoms with E-state index in [4.69, 9.17) is 0 Å². The Labute approximate surface area is 149 Å².